The van der Waals surface area contributed by atoms with Gasteiger partial charge in [-0.05, 0) is 0 Å². The molecule has 1 amide bonds. The van der Waals surface area contributed by atoms with Crippen LogP contribution in [0.15, 0.2) is 10.8 Å². The minimum absolute atomic E-state index is 0.127. The highest BCUT2D eigenvalue weighted by Crippen LogP contribution is 1.96. The molecule has 0 saturated carbocycles. The summed E-state index contributed by atoms with van der Waals surface area (Å²) in [5.74, 6) is -0.223. The van der Waals surface area contributed by atoms with Crippen LogP contribution in [-0.2, 0) is 4.79 Å². The lowest BCUT2D eigenvalue weighted by Gasteiger charge is -1.88. The molecule has 1 aromatic rings. The van der Waals surface area contributed by atoms with Crippen LogP contribution in [0.3, 0.4) is 0 Å². The Hall–Kier alpha value is -1.39. The number of hydrogen-bond acceptors (Lipinski definition) is 4. The molecule has 1 N–H and O–H groups in total. The van der Waals surface area contributed by atoms with Crippen molar-refractivity contribution in [3.63, 3.8) is 0 Å². The van der Waals surface area contributed by atoms with Crippen molar-refractivity contribution < 1.29 is 9.21 Å². The fourth-order valence-electron chi connectivity index (χ4n) is 0.378. The molecule has 0 aromatic carbocycles. The average molecular weight is 127 g/mol. The first kappa shape index (κ1) is 5.74. The zero-order chi connectivity index (χ0) is 6.69. The normalized spacial score (nSPS) is 9.00. The quantitative estimate of drug-likeness (QED) is 0.577. The van der Waals surface area contributed by atoms with E-state index >= 15 is 0 Å². The number of nitrogens with one attached hydrogen (secondary N) is 1. The first-order chi connectivity index (χ1) is 4.29. The third kappa shape index (κ3) is 1.52. The maximum Gasteiger partial charge on any atom is 0.322 e. The van der Waals surface area contributed by atoms with E-state index < -0.39 is 0 Å². The smallest absolute Gasteiger partial charge is 0.322 e. The van der Waals surface area contributed by atoms with Gasteiger partial charge in [0, 0.05) is 6.92 Å². The highest BCUT2D eigenvalue weighted by molar-refractivity contribution is 5.86. The van der Waals surface area contributed by atoms with Crippen molar-refractivity contribution >= 4 is 11.9 Å². The maximum absolute atomic E-state index is 10.3. The van der Waals surface area contributed by atoms with Gasteiger partial charge in [0.1, 0.15) is 0 Å². The third-order valence-corrected chi connectivity index (χ3v) is 0.643. The molecule has 48 valence electrons. The summed E-state index contributed by atoms with van der Waals surface area (Å²) in [6.45, 7) is 1.37. The first-order valence-corrected chi connectivity index (χ1v) is 2.33. The average Bonchev–Trinajstić information content (AvgIpc) is 2.15. The van der Waals surface area contributed by atoms with Crippen LogP contribution in [-0.4, -0.2) is 16.1 Å². The molecule has 9 heavy (non-hydrogen) atoms. The lowest BCUT2D eigenvalue weighted by Crippen LogP contribution is -2.05. The molecular weight excluding hydrogens is 122 g/mol. The molecule has 0 aliphatic carbocycles. The zero-order valence-corrected chi connectivity index (χ0v) is 4.79. The Labute approximate surface area is 51.1 Å². The summed E-state index contributed by atoms with van der Waals surface area (Å²) in [4.78, 5) is 10.3. The molecule has 1 heterocycles. The molecule has 0 atom stereocenters. The highest BCUT2D eigenvalue weighted by Gasteiger charge is 1.97. The monoisotopic (exact) mass is 127 g/mol. The number of nitrogens with zero attached hydrogens (tertiary/aromatic N) is 2. The Balaban J connectivity index is 2.58. The van der Waals surface area contributed by atoms with Crippen LogP contribution in [0, 0.1) is 0 Å². The van der Waals surface area contributed by atoms with Crippen LogP contribution in [0.25, 0.3) is 0 Å². The van der Waals surface area contributed by atoms with E-state index in [-0.39, 0.29) is 11.9 Å². The van der Waals surface area contributed by atoms with Gasteiger partial charge in [-0.25, -0.2) is 0 Å². The van der Waals surface area contributed by atoms with Crippen LogP contribution < -0.4 is 5.32 Å². The number of carbonyl (C=O) groups excluding carboxylic acids is 1. The van der Waals surface area contributed by atoms with Crippen molar-refractivity contribution in [2.75, 3.05) is 5.32 Å². The van der Waals surface area contributed by atoms with Crippen molar-refractivity contribution in [1.82, 2.24) is 10.2 Å². The largest absolute Gasteiger partial charge is 0.411 e. The molecule has 0 bridgehead atoms. The van der Waals surface area contributed by atoms with Gasteiger partial charge in [0.15, 0.2) is 0 Å². The summed E-state index contributed by atoms with van der Waals surface area (Å²) in [7, 11) is 0. The minimum atomic E-state index is -0.223. The lowest BCUT2D eigenvalue weighted by atomic mass is 10.7. The van der Waals surface area contributed by atoms with E-state index in [4.69, 9.17) is 0 Å². The Morgan fingerprint density at radius 2 is 2.67 bits per heavy atom. The van der Waals surface area contributed by atoms with Crippen molar-refractivity contribution in [2.45, 2.75) is 6.92 Å². The van der Waals surface area contributed by atoms with E-state index in [1.165, 1.54) is 6.92 Å². The maximum atomic E-state index is 10.3. The van der Waals surface area contributed by atoms with Crippen molar-refractivity contribution in [3.8, 4) is 0 Å². The summed E-state index contributed by atoms with van der Waals surface area (Å²) >= 11 is 0. The van der Waals surface area contributed by atoms with Gasteiger partial charge in [0.25, 0.3) is 0 Å². The minimum Gasteiger partial charge on any atom is -0.411 e. The predicted molar refractivity (Wildman–Crippen MR) is 28.6 cm³/mol. The summed E-state index contributed by atoms with van der Waals surface area (Å²) < 4.78 is 4.59. The van der Waals surface area contributed by atoms with E-state index in [0.29, 0.717) is 0 Å². The Bertz CT molecular complexity index is 194. The Morgan fingerprint density at radius 3 is 3.11 bits per heavy atom. The van der Waals surface area contributed by atoms with Gasteiger partial charge in [-0.2, -0.15) is 0 Å². The number of anilines is 1. The van der Waals surface area contributed by atoms with E-state index in [0.717, 1.165) is 6.39 Å². The molecule has 5 nitrogen and oxygen atoms in total. The van der Waals surface area contributed by atoms with Crippen LogP contribution in [0.2, 0.25) is 0 Å². The second-order valence-corrected chi connectivity index (χ2v) is 1.43. The number of carbonyl (C=O) groups is 1. The highest BCUT2D eigenvalue weighted by atomic mass is 16.4. The number of hydrogen-bond donors (Lipinski definition) is 1. The SMILES string of the molecule is CC(=O)Nc1nnco1. The van der Waals surface area contributed by atoms with Crippen LogP contribution >= 0.6 is 0 Å². The van der Waals surface area contributed by atoms with E-state index in [1.807, 2.05) is 0 Å². The molecule has 0 aliphatic rings. The fourth-order valence-corrected chi connectivity index (χ4v) is 0.378. The zero-order valence-electron chi connectivity index (χ0n) is 4.79. The predicted octanol–water partition coefficient (Wildman–Crippen LogP) is 0.0280. The third-order valence-electron chi connectivity index (χ3n) is 0.643. The Kier molecular flexibility index (Phi) is 1.44. The number of rotatable bonds is 1. The van der Waals surface area contributed by atoms with Crippen LogP contribution in [0.5, 0.6) is 0 Å². The molecular formula is C4H5N3O2. The lowest BCUT2D eigenvalue weighted by molar-refractivity contribution is -0.114. The molecule has 0 fully saturated rings. The van der Waals surface area contributed by atoms with E-state index in [2.05, 4.69) is 19.9 Å². The van der Waals surface area contributed by atoms with Crippen molar-refractivity contribution in [2.24, 2.45) is 0 Å². The van der Waals surface area contributed by atoms with Gasteiger partial charge >= 0.3 is 6.01 Å². The van der Waals surface area contributed by atoms with E-state index in [1.54, 1.807) is 0 Å². The molecule has 0 spiro atoms. The molecule has 0 unspecified atom stereocenters. The van der Waals surface area contributed by atoms with Gasteiger partial charge in [-0.3, -0.25) is 10.1 Å². The van der Waals surface area contributed by atoms with Crippen molar-refractivity contribution in [3.05, 3.63) is 6.39 Å². The molecule has 1 rings (SSSR count). The number of amides is 1. The standard InChI is InChI=1S/C4H5N3O2/c1-3(8)6-4-7-5-2-9-4/h2H,1H3,(H,6,7,8). The van der Waals surface area contributed by atoms with Gasteiger partial charge < -0.3 is 4.42 Å². The first-order valence-electron chi connectivity index (χ1n) is 2.33. The summed E-state index contributed by atoms with van der Waals surface area (Å²) in [5.41, 5.74) is 0. The van der Waals surface area contributed by atoms with Gasteiger partial charge in [0.2, 0.25) is 12.3 Å². The molecule has 0 saturated heterocycles. The van der Waals surface area contributed by atoms with Crippen LogP contribution in [0.4, 0.5) is 6.01 Å². The summed E-state index contributed by atoms with van der Waals surface area (Å²) in [6, 6.07) is 0.127. The number of aromatic nitrogens is 2. The molecule has 1 aromatic heterocycles. The Morgan fingerprint density at radius 1 is 1.89 bits per heavy atom. The fraction of sp³-hybridized carbons (Fsp3) is 0.250. The van der Waals surface area contributed by atoms with Gasteiger partial charge in [-0.1, -0.05) is 5.10 Å². The molecule has 0 aliphatic heterocycles. The van der Waals surface area contributed by atoms with Crippen molar-refractivity contribution in [1.29, 1.82) is 0 Å². The summed E-state index contributed by atoms with van der Waals surface area (Å²) in [5, 5.41) is 9.06. The summed E-state index contributed by atoms with van der Waals surface area (Å²) in [6.07, 6.45) is 1.14. The molecule has 5 heteroatoms. The van der Waals surface area contributed by atoms with Gasteiger partial charge in [0.05, 0.1) is 0 Å². The second-order valence-electron chi connectivity index (χ2n) is 1.43. The van der Waals surface area contributed by atoms with E-state index in [9.17, 15) is 4.79 Å². The van der Waals surface area contributed by atoms with Crippen LogP contribution in [0.1, 0.15) is 6.92 Å². The molecule has 0 radical (unpaired) electrons. The topological polar surface area (TPSA) is 68.0 Å². The second kappa shape index (κ2) is 2.25. The van der Waals surface area contributed by atoms with Gasteiger partial charge in [-0.15, -0.1) is 5.10 Å².